The van der Waals surface area contributed by atoms with E-state index in [1.807, 2.05) is 26.0 Å². The Labute approximate surface area is 142 Å². The zero-order valence-corrected chi connectivity index (χ0v) is 14.9. The van der Waals surface area contributed by atoms with Gasteiger partial charge in [0.05, 0.1) is 10.5 Å². The molecule has 2 rings (SSSR count). The van der Waals surface area contributed by atoms with Crippen molar-refractivity contribution in [2.75, 3.05) is 21.1 Å². The summed E-state index contributed by atoms with van der Waals surface area (Å²) in [5.41, 5.74) is 0.911. The molecule has 0 aliphatic heterocycles. The number of hydrogen-bond donors (Lipinski definition) is 0. The molecule has 2 aromatic rings. The Morgan fingerprint density at radius 2 is 1.42 bits per heavy atom. The maximum absolute atomic E-state index is 11.8. The quantitative estimate of drug-likeness (QED) is 0.623. The smallest absolute Gasteiger partial charge is 0.312 e. The standard InChI is InChI=1S/C14H12O5S.C3H9N/c1-11-7-5-6-10-13(11)14(15)18-19-20(16,17)12-8-3-2-4-9-12;1-4(2)3/h2-10H,1H3;1-3H3. The molecule has 0 aliphatic rings. The number of aryl methyl sites for hydroxylation is 1. The molecule has 0 bridgehead atoms. The maximum atomic E-state index is 11.8. The Morgan fingerprint density at radius 1 is 0.917 bits per heavy atom. The zero-order chi connectivity index (χ0) is 18.2. The van der Waals surface area contributed by atoms with E-state index < -0.39 is 16.1 Å². The Morgan fingerprint density at radius 3 is 1.96 bits per heavy atom. The molecule has 0 aliphatic carbocycles. The third-order valence-electron chi connectivity index (χ3n) is 2.60. The highest BCUT2D eigenvalue weighted by molar-refractivity contribution is 7.86. The minimum absolute atomic E-state index is 0.0856. The third kappa shape index (κ3) is 6.49. The zero-order valence-electron chi connectivity index (χ0n) is 14.1. The van der Waals surface area contributed by atoms with Crippen molar-refractivity contribution in [3.05, 3.63) is 65.7 Å². The predicted octanol–water partition coefficient (Wildman–Crippen LogP) is 2.65. The van der Waals surface area contributed by atoms with Crippen LogP contribution < -0.4 is 0 Å². The molecule has 6 nitrogen and oxygen atoms in total. The third-order valence-corrected chi connectivity index (χ3v) is 3.69. The van der Waals surface area contributed by atoms with Crippen LogP contribution in [-0.2, 0) is 19.3 Å². The fourth-order valence-corrected chi connectivity index (χ4v) is 2.27. The SMILES string of the molecule is CN(C)C.Cc1ccccc1C(=O)OOS(=O)(=O)c1ccccc1. The van der Waals surface area contributed by atoms with E-state index in [9.17, 15) is 13.2 Å². The van der Waals surface area contributed by atoms with Gasteiger partial charge in [-0.1, -0.05) is 36.4 Å². The van der Waals surface area contributed by atoms with Crippen LogP contribution in [0.25, 0.3) is 0 Å². The summed E-state index contributed by atoms with van der Waals surface area (Å²) in [5, 5.41) is 0. The van der Waals surface area contributed by atoms with Crippen molar-refractivity contribution in [1.29, 1.82) is 0 Å². The molecule has 0 saturated heterocycles. The number of rotatable bonds is 4. The highest BCUT2D eigenvalue weighted by Gasteiger charge is 2.20. The van der Waals surface area contributed by atoms with E-state index in [2.05, 4.69) is 9.22 Å². The Bertz CT molecular complexity index is 755. The van der Waals surface area contributed by atoms with Crippen molar-refractivity contribution in [2.24, 2.45) is 0 Å². The molecule has 0 spiro atoms. The fourth-order valence-electron chi connectivity index (χ4n) is 1.55. The van der Waals surface area contributed by atoms with Crippen LogP contribution in [0.4, 0.5) is 0 Å². The molecule has 2 aromatic carbocycles. The lowest BCUT2D eigenvalue weighted by Gasteiger charge is -2.05. The van der Waals surface area contributed by atoms with Gasteiger partial charge < -0.3 is 4.90 Å². The van der Waals surface area contributed by atoms with Crippen LogP contribution in [0.2, 0.25) is 0 Å². The maximum Gasteiger partial charge on any atom is 0.374 e. The number of benzene rings is 2. The first-order chi connectivity index (χ1) is 11.2. The van der Waals surface area contributed by atoms with E-state index in [0.717, 1.165) is 0 Å². The first-order valence-electron chi connectivity index (χ1n) is 7.11. The van der Waals surface area contributed by atoms with Crippen molar-refractivity contribution >= 4 is 16.1 Å². The monoisotopic (exact) mass is 351 g/mol. The summed E-state index contributed by atoms with van der Waals surface area (Å²) in [5.74, 6) is -0.859. The highest BCUT2D eigenvalue weighted by atomic mass is 32.2. The van der Waals surface area contributed by atoms with Crippen LogP contribution in [0.15, 0.2) is 59.5 Å². The van der Waals surface area contributed by atoms with Crippen LogP contribution >= 0.6 is 0 Å². The molecule has 24 heavy (non-hydrogen) atoms. The molecule has 0 radical (unpaired) electrons. The van der Waals surface area contributed by atoms with E-state index in [1.54, 1.807) is 43.3 Å². The number of nitrogens with zero attached hydrogens (tertiary/aromatic N) is 1. The van der Waals surface area contributed by atoms with Gasteiger partial charge in [0.2, 0.25) is 0 Å². The van der Waals surface area contributed by atoms with Gasteiger partial charge in [0, 0.05) is 0 Å². The second-order valence-electron chi connectivity index (χ2n) is 5.36. The molecule has 0 heterocycles. The largest absolute Gasteiger partial charge is 0.374 e. The normalized spacial score (nSPS) is 10.7. The summed E-state index contributed by atoms with van der Waals surface area (Å²) in [7, 11) is 1.88. The molecule has 0 saturated carbocycles. The highest BCUT2D eigenvalue weighted by Crippen LogP contribution is 2.14. The summed E-state index contributed by atoms with van der Waals surface area (Å²) in [6.45, 7) is 1.71. The van der Waals surface area contributed by atoms with Crippen molar-refractivity contribution in [3.63, 3.8) is 0 Å². The Hall–Kier alpha value is -2.22. The van der Waals surface area contributed by atoms with Gasteiger partial charge in [0.1, 0.15) is 0 Å². The minimum atomic E-state index is -4.12. The summed E-state index contributed by atoms with van der Waals surface area (Å²) in [6.07, 6.45) is 0. The van der Waals surface area contributed by atoms with Gasteiger partial charge in [-0.3, -0.25) is 4.89 Å². The van der Waals surface area contributed by atoms with E-state index in [4.69, 9.17) is 0 Å². The van der Waals surface area contributed by atoms with Gasteiger partial charge in [0.15, 0.2) is 0 Å². The summed E-state index contributed by atoms with van der Waals surface area (Å²) in [4.78, 5) is 18.0. The van der Waals surface area contributed by atoms with E-state index >= 15 is 0 Å². The topological polar surface area (TPSA) is 72.9 Å². The minimum Gasteiger partial charge on any atom is -0.312 e. The average Bonchev–Trinajstić information content (AvgIpc) is 2.53. The Balaban J connectivity index is 0.000000648. The fraction of sp³-hybridized carbons (Fsp3) is 0.235. The molecule has 0 aromatic heterocycles. The lowest BCUT2D eigenvalue weighted by atomic mass is 10.1. The second-order valence-corrected chi connectivity index (χ2v) is 6.88. The Kier molecular flexibility index (Phi) is 7.57. The number of carbonyl (C=O) groups excluding carboxylic acids is 1. The van der Waals surface area contributed by atoms with E-state index in [0.29, 0.717) is 5.56 Å². The molecule has 7 heteroatoms. The van der Waals surface area contributed by atoms with E-state index in [-0.39, 0.29) is 10.5 Å². The van der Waals surface area contributed by atoms with Crippen molar-refractivity contribution in [1.82, 2.24) is 4.90 Å². The molecule has 0 atom stereocenters. The molecule has 130 valence electrons. The number of carbonyl (C=O) groups is 1. The summed E-state index contributed by atoms with van der Waals surface area (Å²) >= 11 is 0. The van der Waals surface area contributed by atoms with Crippen LogP contribution in [-0.4, -0.2) is 40.4 Å². The predicted molar refractivity (Wildman–Crippen MR) is 90.9 cm³/mol. The van der Waals surface area contributed by atoms with Crippen LogP contribution in [0, 0.1) is 6.92 Å². The van der Waals surface area contributed by atoms with Crippen LogP contribution in [0.3, 0.4) is 0 Å². The van der Waals surface area contributed by atoms with Gasteiger partial charge in [-0.05, 0) is 56.2 Å². The van der Waals surface area contributed by atoms with Crippen LogP contribution in [0.5, 0.6) is 0 Å². The van der Waals surface area contributed by atoms with Gasteiger partial charge in [-0.2, -0.15) is 8.42 Å². The van der Waals surface area contributed by atoms with Gasteiger partial charge in [0.25, 0.3) is 0 Å². The summed E-state index contributed by atoms with van der Waals surface area (Å²) in [6, 6.07) is 14.1. The molecule has 0 unspecified atom stereocenters. The summed E-state index contributed by atoms with van der Waals surface area (Å²) < 4.78 is 27.8. The van der Waals surface area contributed by atoms with Gasteiger partial charge in [-0.25, -0.2) is 4.79 Å². The lowest BCUT2D eigenvalue weighted by molar-refractivity contribution is -0.144. The first-order valence-corrected chi connectivity index (χ1v) is 8.52. The van der Waals surface area contributed by atoms with Crippen molar-refractivity contribution in [2.45, 2.75) is 11.8 Å². The lowest BCUT2D eigenvalue weighted by Crippen LogP contribution is -2.13. The van der Waals surface area contributed by atoms with Crippen LogP contribution in [0.1, 0.15) is 15.9 Å². The van der Waals surface area contributed by atoms with Gasteiger partial charge in [-0.15, -0.1) is 0 Å². The average molecular weight is 351 g/mol. The number of hydrogen-bond acceptors (Lipinski definition) is 6. The molecular formula is C17H21NO5S. The van der Waals surface area contributed by atoms with E-state index in [1.165, 1.54) is 18.2 Å². The van der Waals surface area contributed by atoms with Crippen molar-refractivity contribution in [3.8, 4) is 0 Å². The van der Waals surface area contributed by atoms with Gasteiger partial charge >= 0.3 is 16.1 Å². The van der Waals surface area contributed by atoms with Crippen molar-refractivity contribution < 1.29 is 22.4 Å². The molecule has 0 N–H and O–H groups in total. The first kappa shape index (κ1) is 19.8. The second kappa shape index (κ2) is 9.17. The molecular weight excluding hydrogens is 330 g/mol. The molecule has 0 fully saturated rings. The molecule has 0 amide bonds.